The molecule has 0 aliphatic carbocycles. The van der Waals surface area contributed by atoms with Crippen LogP contribution in [0.25, 0.3) is 6.08 Å². The molecule has 128 valence electrons. The van der Waals surface area contributed by atoms with Crippen LogP contribution in [0.2, 0.25) is 0 Å². The lowest BCUT2D eigenvalue weighted by Gasteiger charge is -2.10. The molecule has 0 saturated carbocycles. The van der Waals surface area contributed by atoms with Crippen molar-refractivity contribution in [2.45, 2.75) is 11.4 Å². The molecule has 0 atom stereocenters. The van der Waals surface area contributed by atoms with Crippen LogP contribution in [0.5, 0.6) is 0 Å². The van der Waals surface area contributed by atoms with Crippen LogP contribution in [-0.4, -0.2) is 42.5 Å². The monoisotopic (exact) mass is 349 g/mol. The van der Waals surface area contributed by atoms with Gasteiger partial charge in [0.15, 0.2) is 0 Å². The molecule has 1 aromatic carbocycles. The van der Waals surface area contributed by atoms with Crippen LogP contribution in [0.1, 0.15) is 11.1 Å². The van der Waals surface area contributed by atoms with E-state index in [0.29, 0.717) is 5.56 Å². The molecule has 7 nitrogen and oxygen atoms in total. The van der Waals surface area contributed by atoms with Gasteiger partial charge in [0.25, 0.3) is 15.9 Å². The average Bonchev–Trinajstić information content (AvgIpc) is 3.02. The molecule has 1 amide bonds. The van der Waals surface area contributed by atoms with Crippen molar-refractivity contribution >= 4 is 22.0 Å². The molecule has 0 fully saturated rings. The minimum Gasteiger partial charge on any atom is -0.305 e. The topological polar surface area (TPSA) is 91.6 Å². The molecule has 8 heteroatoms. The summed E-state index contributed by atoms with van der Waals surface area (Å²) in [7, 11) is 0.194. The van der Waals surface area contributed by atoms with Gasteiger partial charge in [-0.2, -0.15) is 0 Å². The van der Waals surface area contributed by atoms with Gasteiger partial charge in [0, 0.05) is 25.0 Å². The van der Waals surface area contributed by atoms with E-state index in [1.165, 1.54) is 23.9 Å². The number of benzene rings is 1. The second-order valence-corrected chi connectivity index (χ2v) is 7.31. The van der Waals surface area contributed by atoms with Crippen LogP contribution in [-0.2, 0) is 21.4 Å². The van der Waals surface area contributed by atoms with E-state index < -0.39 is 15.9 Å². The van der Waals surface area contributed by atoms with E-state index in [0.717, 1.165) is 22.2 Å². The van der Waals surface area contributed by atoms with Crippen LogP contribution in [0.3, 0.4) is 0 Å². The van der Waals surface area contributed by atoms with Gasteiger partial charge < -0.3 is 4.90 Å². The maximum atomic E-state index is 12.6. The summed E-state index contributed by atoms with van der Waals surface area (Å²) in [6, 6.07) is 8.26. The minimum atomic E-state index is -3.69. The lowest BCUT2D eigenvalue weighted by atomic mass is 10.2. The number of carbonyl (C=O) groups is 1. The Balaban J connectivity index is 2.23. The van der Waals surface area contributed by atoms with Gasteiger partial charge >= 0.3 is 0 Å². The summed E-state index contributed by atoms with van der Waals surface area (Å²) in [4.78, 5) is 13.1. The van der Waals surface area contributed by atoms with Gasteiger partial charge in [-0.1, -0.05) is 12.1 Å². The quantitative estimate of drug-likeness (QED) is 0.466. The molecule has 1 aromatic heterocycles. The maximum absolute atomic E-state index is 12.6. The molecule has 0 unspecified atom stereocenters. The summed E-state index contributed by atoms with van der Waals surface area (Å²) in [5.41, 5.74) is 3.00. The van der Waals surface area contributed by atoms with Gasteiger partial charge in [0.2, 0.25) is 0 Å². The molecule has 0 saturated heterocycles. The van der Waals surface area contributed by atoms with Gasteiger partial charge in [-0.05, 0) is 49.5 Å². The molecule has 1 heterocycles. The van der Waals surface area contributed by atoms with Crippen molar-refractivity contribution in [3.63, 3.8) is 0 Å². The fourth-order valence-electron chi connectivity index (χ4n) is 2.10. The Hall–Kier alpha value is -2.42. The predicted molar refractivity (Wildman–Crippen MR) is 89.8 cm³/mol. The van der Waals surface area contributed by atoms with Gasteiger partial charge in [-0.25, -0.2) is 17.9 Å². The maximum Gasteiger partial charge on any atom is 0.267 e. The lowest BCUT2D eigenvalue weighted by Crippen LogP contribution is -2.14. The van der Waals surface area contributed by atoms with Crippen LogP contribution < -0.4 is 5.48 Å². The van der Waals surface area contributed by atoms with Gasteiger partial charge in [-0.3, -0.25) is 10.0 Å². The summed E-state index contributed by atoms with van der Waals surface area (Å²) < 4.78 is 26.3. The zero-order valence-corrected chi connectivity index (χ0v) is 14.2. The molecule has 0 aliphatic heterocycles. The van der Waals surface area contributed by atoms with Crippen LogP contribution in [0.4, 0.5) is 0 Å². The number of hydroxylamine groups is 1. The van der Waals surface area contributed by atoms with Crippen LogP contribution in [0, 0.1) is 0 Å². The largest absolute Gasteiger partial charge is 0.305 e. The highest BCUT2D eigenvalue weighted by Gasteiger charge is 2.16. The molecule has 0 radical (unpaired) electrons. The first kappa shape index (κ1) is 17.9. The molecular formula is C16H19N3O4S. The Morgan fingerprint density at radius 2 is 1.92 bits per heavy atom. The molecule has 2 rings (SSSR count). The van der Waals surface area contributed by atoms with E-state index in [1.807, 2.05) is 19.0 Å². The van der Waals surface area contributed by atoms with Crippen molar-refractivity contribution in [2.75, 3.05) is 14.1 Å². The SMILES string of the molecule is CN(C)Cc1ccc(S(=O)(=O)n2ccc(/C=C\C(=O)NO)c2)cc1. The van der Waals surface area contributed by atoms with Crippen LogP contribution in [0.15, 0.2) is 53.7 Å². The van der Waals surface area contributed by atoms with Crippen LogP contribution >= 0.6 is 0 Å². The highest BCUT2D eigenvalue weighted by molar-refractivity contribution is 7.90. The molecular weight excluding hydrogens is 330 g/mol. The summed E-state index contributed by atoms with van der Waals surface area (Å²) in [5, 5.41) is 8.42. The van der Waals surface area contributed by atoms with E-state index >= 15 is 0 Å². The molecule has 2 aromatic rings. The zero-order chi connectivity index (χ0) is 17.7. The van der Waals surface area contributed by atoms with Crippen molar-refractivity contribution in [3.05, 3.63) is 59.9 Å². The first-order valence-corrected chi connectivity index (χ1v) is 8.56. The minimum absolute atomic E-state index is 0.184. The molecule has 0 bridgehead atoms. The van der Waals surface area contributed by atoms with Crippen molar-refractivity contribution in [1.82, 2.24) is 14.4 Å². The first-order chi connectivity index (χ1) is 11.3. The predicted octanol–water partition coefficient (Wildman–Crippen LogP) is 1.31. The number of rotatable bonds is 6. The standard InChI is InChI=1S/C16H19N3O4S/c1-18(2)11-13-3-6-15(7-4-13)24(22,23)19-10-9-14(12-19)5-8-16(20)17-21/h3-10,12,21H,11H2,1-2H3,(H,17,20)/b8-5-. The molecule has 0 spiro atoms. The van der Waals surface area contributed by atoms with E-state index in [4.69, 9.17) is 5.21 Å². The Bertz CT molecular complexity index is 836. The lowest BCUT2D eigenvalue weighted by molar-refractivity contribution is -0.124. The number of nitrogens with one attached hydrogen (secondary N) is 1. The summed E-state index contributed by atoms with van der Waals surface area (Å²) in [6.07, 6.45) is 5.30. The molecule has 0 aliphatic rings. The van der Waals surface area contributed by atoms with E-state index in [2.05, 4.69) is 0 Å². The number of aromatic nitrogens is 1. The zero-order valence-electron chi connectivity index (χ0n) is 13.4. The van der Waals surface area contributed by atoms with Crippen molar-refractivity contribution in [3.8, 4) is 0 Å². The number of hydrogen-bond acceptors (Lipinski definition) is 5. The third-order valence-corrected chi connectivity index (χ3v) is 4.88. The van der Waals surface area contributed by atoms with Crippen molar-refractivity contribution < 1.29 is 18.4 Å². The highest BCUT2D eigenvalue weighted by Crippen LogP contribution is 2.17. The first-order valence-electron chi connectivity index (χ1n) is 7.12. The fourth-order valence-corrected chi connectivity index (χ4v) is 3.31. The Labute approximate surface area is 140 Å². The van der Waals surface area contributed by atoms with Crippen molar-refractivity contribution in [1.29, 1.82) is 0 Å². The second-order valence-electron chi connectivity index (χ2n) is 5.47. The third-order valence-electron chi connectivity index (χ3n) is 3.23. The average molecular weight is 349 g/mol. The second kappa shape index (κ2) is 7.43. The Morgan fingerprint density at radius 3 is 2.50 bits per heavy atom. The smallest absolute Gasteiger partial charge is 0.267 e. The highest BCUT2D eigenvalue weighted by atomic mass is 32.2. The summed E-state index contributed by atoms with van der Waals surface area (Å²) >= 11 is 0. The van der Waals surface area contributed by atoms with E-state index in [1.54, 1.807) is 30.3 Å². The normalized spacial score (nSPS) is 12.0. The third kappa shape index (κ3) is 4.31. The van der Waals surface area contributed by atoms with Gasteiger partial charge in [0.05, 0.1) is 4.90 Å². The molecule has 2 N–H and O–H groups in total. The van der Waals surface area contributed by atoms with E-state index in [9.17, 15) is 13.2 Å². The number of carbonyl (C=O) groups excluding carboxylic acids is 1. The summed E-state index contributed by atoms with van der Waals surface area (Å²) in [5.74, 6) is -0.693. The summed E-state index contributed by atoms with van der Waals surface area (Å²) in [6.45, 7) is 0.728. The Kier molecular flexibility index (Phi) is 5.55. The van der Waals surface area contributed by atoms with E-state index in [-0.39, 0.29) is 4.90 Å². The number of nitrogens with zero attached hydrogens (tertiary/aromatic N) is 2. The fraction of sp³-hybridized carbons (Fsp3) is 0.188. The number of hydrogen-bond donors (Lipinski definition) is 2. The van der Waals surface area contributed by atoms with Gasteiger partial charge in [-0.15, -0.1) is 0 Å². The van der Waals surface area contributed by atoms with Crippen molar-refractivity contribution in [2.24, 2.45) is 0 Å². The Morgan fingerprint density at radius 1 is 1.25 bits per heavy atom. The van der Waals surface area contributed by atoms with Gasteiger partial charge in [0.1, 0.15) is 0 Å². The molecule has 24 heavy (non-hydrogen) atoms. The number of amides is 1.